The summed E-state index contributed by atoms with van der Waals surface area (Å²) >= 11 is 0. The van der Waals surface area contributed by atoms with Crippen molar-refractivity contribution in [3.8, 4) is 0 Å². The molecule has 0 saturated heterocycles. The van der Waals surface area contributed by atoms with Gasteiger partial charge in [-0.05, 0) is 26.3 Å². The molecule has 0 aliphatic heterocycles. The van der Waals surface area contributed by atoms with Gasteiger partial charge in [0.25, 0.3) is 5.91 Å². The number of nitrogens with two attached hydrogens (primary N) is 1. The summed E-state index contributed by atoms with van der Waals surface area (Å²) in [6.45, 7) is 7.20. The van der Waals surface area contributed by atoms with Gasteiger partial charge < -0.3 is 5.73 Å². The summed E-state index contributed by atoms with van der Waals surface area (Å²) in [5.74, 6) is -0.0956. The van der Waals surface area contributed by atoms with E-state index in [0.717, 1.165) is 25.0 Å². The molecule has 0 aliphatic rings. The first-order valence-electron chi connectivity index (χ1n) is 6.74. The molecule has 0 saturated carbocycles. The summed E-state index contributed by atoms with van der Waals surface area (Å²) in [6, 6.07) is 1.74. The molecule has 1 heterocycles. The third kappa shape index (κ3) is 4.73. The monoisotopic (exact) mass is 265 g/mol. The van der Waals surface area contributed by atoms with Gasteiger partial charge >= 0.3 is 0 Å². The zero-order chi connectivity index (χ0) is 14.3. The van der Waals surface area contributed by atoms with Gasteiger partial charge in [0.15, 0.2) is 5.96 Å². The molecule has 0 unspecified atom stereocenters. The van der Waals surface area contributed by atoms with Crippen LogP contribution in [0.2, 0.25) is 0 Å². The van der Waals surface area contributed by atoms with Crippen LogP contribution in [-0.2, 0) is 6.54 Å². The lowest BCUT2D eigenvalue weighted by molar-refractivity contribution is 0.0966. The molecule has 1 aromatic heterocycles. The van der Waals surface area contributed by atoms with E-state index in [4.69, 9.17) is 5.73 Å². The number of carbonyl (C=O) groups excluding carboxylic acids is 1. The van der Waals surface area contributed by atoms with Crippen molar-refractivity contribution in [1.82, 2.24) is 15.1 Å². The fourth-order valence-corrected chi connectivity index (χ4v) is 1.75. The molecular formula is C13H23N5O. The van der Waals surface area contributed by atoms with Crippen molar-refractivity contribution >= 4 is 11.9 Å². The zero-order valence-corrected chi connectivity index (χ0v) is 11.9. The maximum Gasteiger partial charge on any atom is 0.276 e. The predicted molar refractivity (Wildman–Crippen MR) is 76.1 cm³/mol. The van der Waals surface area contributed by atoms with E-state index in [2.05, 4.69) is 22.3 Å². The van der Waals surface area contributed by atoms with E-state index in [-0.39, 0.29) is 11.9 Å². The first-order valence-corrected chi connectivity index (χ1v) is 6.74. The summed E-state index contributed by atoms with van der Waals surface area (Å²) < 4.78 is 1.65. The van der Waals surface area contributed by atoms with Gasteiger partial charge in [0.05, 0.1) is 5.69 Å². The standard InChI is InChI=1S/C13H23N5O/c1-4-6-7-8-15-13(14)16-12(19)11-9-10(3)17-18(11)5-2/h9H,4-8H2,1-3H3,(H3,14,15,16,19). The summed E-state index contributed by atoms with van der Waals surface area (Å²) in [4.78, 5) is 16.1. The summed E-state index contributed by atoms with van der Waals surface area (Å²) in [7, 11) is 0. The predicted octanol–water partition coefficient (Wildman–Crippen LogP) is 1.45. The lowest BCUT2D eigenvalue weighted by atomic mass is 10.2. The number of guanidine groups is 1. The average Bonchev–Trinajstić information content (AvgIpc) is 2.76. The van der Waals surface area contributed by atoms with E-state index in [1.807, 2.05) is 13.8 Å². The third-order valence-corrected chi connectivity index (χ3v) is 2.72. The number of nitrogens with zero attached hydrogens (tertiary/aromatic N) is 3. The minimum absolute atomic E-state index is 0.169. The van der Waals surface area contributed by atoms with Crippen LogP contribution < -0.4 is 11.1 Å². The van der Waals surface area contributed by atoms with E-state index in [9.17, 15) is 4.79 Å². The molecule has 6 nitrogen and oxygen atoms in total. The molecular weight excluding hydrogens is 242 g/mol. The zero-order valence-electron chi connectivity index (χ0n) is 11.9. The van der Waals surface area contributed by atoms with E-state index in [0.29, 0.717) is 18.8 Å². The van der Waals surface area contributed by atoms with Crippen LogP contribution in [0.3, 0.4) is 0 Å². The normalized spacial score (nSPS) is 11.6. The molecule has 0 radical (unpaired) electrons. The van der Waals surface area contributed by atoms with E-state index in [1.165, 1.54) is 0 Å². The molecule has 19 heavy (non-hydrogen) atoms. The minimum Gasteiger partial charge on any atom is -0.370 e. The highest BCUT2D eigenvalue weighted by molar-refractivity contribution is 6.04. The molecule has 6 heteroatoms. The molecule has 0 aromatic carbocycles. The fraction of sp³-hybridized carbons (Fsp3) is 0.615. The number of amides is 1. The quantitative estimate of drug-likeness (QED) is 0.464. The van der Waals surface area contributed by atoms with E-state index >= 15 is 0 Å². The number of hydrogen-bond donors (Lipinski definition) is 2. The van der Waals surface area contributed by atoms with Crippen molar-refractivity contribution in [2.75, 3.05) is 6.54 Å². The first-order chi connectivity index (χ1) is 9.08. The molecule has 0 bridgehead atoms. The number of hydrogen-bond acceptors (Lipinski definition) is 3. The van der Waals surface area contributed by atoms with Gasteiger partial charge in [-0.15, -0.1) is 0 Å². The van der Waals surface area contributed by atoms with Gasteiger partial charge in [-0.2, -0.15) is 5.10 Å². The molecule has 3 N–H and O–H groups in total. The molecule has 0 aliphatic carbocycles. The Labute approximate surface area is 114 Å². The van der Waals surface area contributed by atoms with Crippen LogP contribution in [0, 0.1) is 6.92 Å². The van der Waals surface area contributed by atoms with Crippen molar-refractivity contribution < 1.29 is 4.79 Å². The molecule has 1 rings (SSSR count). The van der Waals surface area contributed by atoms with Crippen LogP contribution in [0.4, 0.5) is 0 Å². The summed E-state index contributed by atoms with van der Waals surface area (Å²) in [6.07, 6.45) is 3.24. The first kappa shape index (κ1) is 15.2. The van der Waals surface area contributed by atoms with Crippen molar-refractivity contribution in [3.05, 3.63) is 17.5 Å². The van der Waals surface area contributed by atoms with Crippen molar-refractivity contribution in [2.45, 2.75) is 46.6 Å². The van der Waals surface area contributed by atoms with Crippen molar-refractivity contribution in [2.24, 2.45) is 10.7 Å². The number of carbonyl (C=O) groups is 1. The Hall–Kier alpha value is -1.85. The van der Waals surface area contributed by atoms with Gasteiger partial charge in [-0.1, -0.05) is 19.8 Å². The van der Waals surface area contributed by atoms with Crippen LogP contribution in [0.1, 0.15) is 49.3 Å². The van der Waals surface area contributed by atoms with Crippen molar-refractivity contribution in [3.63, 3.8) is 0 Å². The van der Waals surface area contributed by atoms with E-state index < -0.39 is 0 Å². The fourth-order valence-electron chi connectivity index (χ4n) is 1.75. The Kier molecular flexibility index (Phi) is 6.05. The SMILES string of the molecule is CCCCCN=C(N)NC(=O)c1cc(C)nn1CC. The minimum atomic E-state index is -0.265. The second-order valence-corrected chi connectivity index (χ2v) is 4.41. The van der Waals surface area contributed by atoms with Gasteiger partial charge in [0, 0.05) is 13.1 Å². The maximum absolute atomic E-state index is 12.0. The number of aliphatic imine (C=N–C) groups is 1. The highest BCUT2D eigenvalue weighted by atomic mass is 16.2. The van der Waals surface area contributed by atoms with E-state index in [1.54, 1.807) is 10.7 Å². The molecule has 0 atom stereocenters. The molecule has 0 fully saturated rings. The summed E-state index contributed by atoms with van der Waals surface area (Å²) in [5.41, 5.74) is 7.00. The van der Waals surface area contributed by atoms with Crippen LogP contribution in [0.15, 0.2) is 11.1 Å². The number of aryl methyl sites for hydroxylation is 2. The lowest BCUT2D eigenvalue weighted by Gasteiger charge is -2.06. The Morgan fingerprint density at radius 3 is 2.84 bits per heavy atom. The van der Waals surface area contributed by atoms with Gasteiger partial charge in [-0.3, -0.25) is 19.8 Å². The van der Waals surface area contributed by atoms with Gasteiger partial charge in [0.2, 0.25) is 0 Å². The third-order valence-electron chi connectivity index (χ3n) is 2.72. The number of aromatic nitrogens is 2. The number of unbranched alkanes of at least 4 members (excludes halogenated alkanes) is 2. The Morgan fingerprint density at radius 2 is 2.21 bits per heavy atom. The van der Waals surface area contributed by atoms with Crippen LogP contribution in [0.25, 0.3) is 0 Å². The Bertz CT molecular complexity index is 450. The highest BCUT2D eigenvalue weighted by Crippen LogP contribution is 2.03. The van der Waals surface area contributed by atoms with Crippen LogP contribution >= 0.6 is 0 Å². The van der Waals surface area contributed by atoms with Gasteiger partial charge in [0.1, 0.15) is 5.69 Å². The van der Waals surface area contributed by atoms with Crippen LogP contribution in [0.5, 0.6) is 0 Å². The topological polar surface area (TPSA) is 85.3 Å². The Balaban J connectivity index is 2.58. The molecule has 1 amide bonds. The largest absolute Gasteiger partial charge is 0.370 e. The second kappa shape index (κ2) is 7.56. The Morgan fingerprint density at radius 1 is 1.47 bits per heavy atom. The molecule has 1 aromatic rings. The highest BCUT2D eigenvalue weighted by Gasteiger charge is 2.13. The lowest BCUT2D eigenvalue weighted by Crippen LogP contribution is -2.38. The summed E-state index contributed by atoms with van der Waals surface area (Å²) in [5, 5.41) is 6.81. The maximum atomic E-state index is 12.0. The average molecular weight is 265 g/mol. The van der Waals surface area contributed by atoms with Crippen LogP contribution in [-0.4, -0.2) is 28.2 Å². The number of rotatable bonds is 6. The number of nitrogens with one attached hydrogen (secondary N) is 1. The molecule has 0 spiro atoms. The van der Waals surface area contributed by atoms with Gasteiger partial charge in [-0.25, -0.2) is 0 Å². The second-order valence-electron chi connectivity index (χ2n) is 4.41. The smallest absolute Gasteiger partial charge is 0.276 e. The molecule has 106 valence electrons. The van der Waals surface area contributed by atoms with Crippen molar-refractivity contribution in [1.29, 1.82) is 0 Å².